The molecule has 0 aliphatic heterocycles. The molecule has 2 aliphatic carbocycles. The van der Waals surface area contributed by atoms with Crippen LogP contribution in [0.15, 0.2) is 18.2 Å². The van der Waals surface area contributed by atoms with E-state index in [0.717, 1.165) is 29.4 Å². The fourth-order valence-corrected chi connectivity index (χ4v) is 3.50. The Morgan fingerprint density at radius 3 is 2.65 bits per heavy atom. The molecule has 0 N–H and O–H groups in total. The van der Waals surface area contributed by atoms with Gasteiger partial charge in [-0.2, -0.15) is 0 Å². The molecule has 0 spiro atoms. The third-order valence-corrected chi connectivity index (χ3v) is 4.87. The smallest absolute Gasteiger partial charge is 0.166 e. The van der Waals surface area contributed by atoms with Gasteiger partial charge in [-0.25, -0.2) is 4.98 Å². The average Bonchev–Trinajstić information content (AvgIpc) is 3.07. The molecule has 4 rings (SSSR count). The van der Waals surface area contributed by atoms with Crippen molar-refractivity contribution < 1.29 is 4.79 Å². The van der Waals surface area contributed by atoms with Crippen molar-refractivity contribution in [1.82, 2.24) is 9.55 Å². The van der Waals surface area contributed by atoms with Crippen molar-refractivity contribution in [3.63, 3.8) is 0 Å². The Kier molecular flexibility index (Phi) is 2.69. The van der Waals surface area contributed by atoms with Crippen molar-refractivity contribution in [3.8, 4) is 0 Å². The number of hydrogen-bond donors (Lipinski definition) is 0. The minimum Gasteiger partial charge on any atom is -0.331 e. The Morgan fingerprint density at radius 1 is 1.20 bits per heavy atom. The fourth-order valence-electron chi connectivity index (χ4n) is 3.50. The number of aryl methyl sites for hydroxylation is 1. The van der Waals surface area contributed by atoms with Crippen LogP contribution in [0, 0.1) is 5.92 Å². The first kappa shape index (κ1) is 12.1. The molecule has 2 aromatic rings. The van der Waals surface area contributed by atoms with E-state index in [2.05, 4.69) is 17.7 Å². The summed E-state index contributed by atoms with van der Waals surface area (Å²) in [6.45, 7) is 0. The number of carbonyl (C=O) groups excluding carboxylic acids is 1. The van der Waals surface area contributed by atoms with Gasteiger partial charge in [0.25, 0.3) is 0 Å². The minimum atomic E-state index is 0.283. The second kappa shape index (κ2) is 4.44. The number of hydrogen-bond acceptors (Lipinski definition) is 2. The lowest BCUT2D eigenvalue weighted by atomic mass is 10.1. The maximum Gasteiger partial charge on any atom is 0.166 e. The van der Waals surface area contributed by atoms with Crippen LogP contribution in [-0.2, 0) is 7.05 Å². The number of imidazole rings is 1. The summed E-state index contributed by atoms with van der Waals surface area (Å²) in [5.74, 6) is 2.40. The Labute approximate surface area is 119 Å². The van der Waals surface area contributed by atoms with Crippen LogP contribution in [0.1, 0.15) is 60.6 Å². The number of ketones is 1. The summed E-state index contributed by atoms with van der Waals surface area (Å²) < 4.78 is 2.22. The quantitative estimate of drug-likeness (QED) is 0.793. The average molecular weight is 268 g/mol. The molecule has 0 unspecified atom stereocenters. The van der Waals surface area contributed by atoms with Crippen LogP contribution < -0.4 is 0 Å². The van der Waals surface area contributed by atoms with Crippen LogP contribution in [0.2, 0.25) is 0 Å². The van der Waals surface area contributed by atoms with Gasteiger partial charge in [0.1, 0.15) is 5.82 Å². The van der Waals surface area contributed by atoms with Crippen molar-refractivity contribution in [2.45, 2.75) is 44.4 Å². The zero-order valence-corrected chi connectivity index (χ0v) is 11.9. The molecule has 0 bridgehead atoms. The van der Waals surface area contributed by atoms with E-state index in [0.29, 0.717) is 11.7 Å². The van der Waals surface area contributed by atoms with E-state index in [-0.39, 0.29) is 5.92 Å². The van der Waals surface area contributed by atoms with E-state index in [9.17, 15) is 4.79 Å². The van der Waals surface area contributed by atoms with E-state index in [4.69, 9.17) is 4.98 Å². The Hall–Kier alpha value is -1.64. The van der Waals surface area contributed by atoms with Gasteiger partial charge in [0.2, 0.25) is 0 Å². The summed E-state index contributed by atoms with van der Waals surface area (Å²) in [6, 6.07) is 6.04. The summed E-state index contributed by atoms with van der Waals surface area (Å²) in [5.41, 5.74) is 2.98. The molecule has 3 heteroatoms. The number of rotatable bonds is 3. The predicted octanol–water partition coefficient (Wildman–Crippen LogP) is 3.82. The molecule has 0 saturated heterocycles. The standard InChI is InChI=1S/C17H20N2O/c1-19-15-9-8-13(16(20)11-6-7-11)10-14(15)18-17(19)12-4-2-3-5-12/h8-12H,2-7H2,1H3. The molecule has 2 saturated carbocycles. The number of aromatic nitrogens is 2. The van der Waals surface area contributed by atoms with Gasteiger partial charge in [0.05, 0.1) is 11.0 Å². The van der Waals surface area contributed by atoms with Gasteiger partial charge < -0.3 is 4.57 Å². The molecule has 3 nitrogen and oxygen atoms in total. The first-order chi connectivity index (χ1) is 9.74. The first-order valence-electron chi connectivity index (χ1n) is 7.74. The van der Waals surface area contributed by atoms with Gasteiger partial charge in [-0.1, -0.05) is 12.8 Å². The first-order valence-corrected chi connectivity index (χ1v) is 7.74. The van der Waals surface area contributed by atoms with E-state index in [1.165, 1.54) is 31.5 Å². The highest BCUT2D eigenvalue weighted by atomic mass is 16.1. The molecular weight excluding hydrogens is 248 g/mol. The molecule has 1 aromatic carbocycles. The highest BCUT2D eigenvalue weighted by Crippen LogP contribution is 2.36. The minimum absolute atomic E-state index is 0.283. The van der Waals surface area contributed by atoms with E-state index in [1.54, 1.807) is 0 Å². The number of benzene rings is 1. The summed E-state index contributed by atoms with van der Waals surface area (Å²) in [4.78, 5) is 17.0. The van der Waals surface area contributed by atoms with Gasteiger partial charge in [-0.15, -0.1) is 0 Å². The van der Waals surface area contributed by atoms with Crippen LogP contribution in [0.3, 0.4) is 0 Å². The Morgan fingerprint density at radius 2 is 1.95 bits per heavy atom. The summed E-state index contributed by atoms with van der Waals surface area (Å²) in [7, 11) is 2.10. The van der Waals surface area contributed by atoms with Crippen molar-refractivity contribution in [2.75, 3.05) is 0 Å². The van der Waals surface area contributed by atoms with Crippen molar-refractivity contribution in [1.29, 1.82) is 0 Å². The van der Waals surface area contributed by atoms with E-state index in [1.807, 2.05) is 12.1 Å². The van der Waals surface area contributed by atoms with Gasteiger partial charge in [-0.3, -0.25) is 4.79 Å². The van der Waals surface area contributed by atoms with E-state index >= 15 is 0 Å². The highest BCUT2D eigenvalue weighted by molar-refractivity contribution is 6.01. The molecule has 20 heavy (non-hydrogen) atoms. The van der Waals surface area contributed by atoms with Crippen LogP contribution >= 0.6 is 0 Å². The largest absolute Gasteiger partial charge is 0.331 e. The molecule has 104 valence electrons. The summed E-state index contributed by atoms with van der Waals surface area (Å²) >= 11 is 0. The highest BCUT2D eigenvalue weighted by Gasteiger charge is 2.30. The number of nitrogens with zero attached hydrogens (tertiary/aromatic N) is 2. The van der Waals surface area contributed by atoms with Gasteiger partial charge in [0.15, 0.2) is 5.78 Å². The molecule has 1 aromatic heterocycles. The monoisotopic (exact) mass is 268 g/mol. The maximum atomic E-state index is 12.2. The molecule has 0 atom stereocenters. The van der Waals surface area contributed by atoms with Gasteiger partial charge in [0, 0.05) is 24.4 Å². The van der Waals surface area contributed by atoms with Gasteiger partial charge >= 0.3 is 0 Å². The van der Waals surface area contributed by atoms with E-state index < -0.39 is 0 Å². The summed E-state index contributed by atoms with van der Waals surface area (Å²) in [6.07, 6.45) is 7.27. The number of carbonyl (C=O) groups is 1. The third kappa shape index (κ3) is 1.88. The zero-order valence-electron chi connectivity index (χ0n) is 11.9. The summed E-state index contributed by atoms with van der Waals surface area (Å²) in [5, 5.41) is 0. The molecule has 2 fully saturated rings. The normalized spacial score (nSPS) is 19.9. The molecule has 0 radical (unpaired) electrons. The number of fused-ring (bicyclic) bond motifs is 1. The molecular formula is C17H20N2O. The predicted molar refractivity (Wildman–Crippen MR) is 79.0 cm³/mol. The van der Waals surface area contributed by atoms with Crippen LogP contribution in [0.4, 0.5) is 0 Å². The Bertz CT molecular complexity index is 676. The number of Topliss-reactive ketones (excluding diaryl/α,β-unsaturated/α-hetero) is 1. The topological polar surface area (TPSA) is 34.9 Å². The molecule has 2 aliphatic rings. The maximum absolute atomic E-state index is 12.2. The van der Waals surface area contributed by atoms with Crippen LogP contribution in [0.25, 0.3) is 11.0 Å². The van der Waals surface area contributed by atoms with Crippen LogP contribution in [-0.4, -0.2) is 15.3 Å². The fraction of sp³-hybridized carbons (Fsp3) is 0.529. The molecule has 1 heterocycles. The third-order valence-electron chi connectivity index (χ3n) is 4.87. The van der Waals surface area contributed by atoms with Crippen molar-refractivity contribution in [2.24, 2.45) is 13.0 Å². The Balaban J connectivity index is 1.76. The zero-order chi connectivity index (χ0) is 13.7. The lowest BCUT2D eigenvalue weighted by Crippen LogP contribution is -2.02. The lowest BCUT2D eigenvalue weighted by Gasteiger charge is -2.08. The second-order valence-electron chi connectivity index (χ2n) is 6.35. The second-order valence-corrected chi connectivity index (χ2v) is 6.35. The van der Waals surface area contributed by atoms with Gasteiger partial charge in [-0.05, 0) is 43.9 Å². The van der Waals surface area contributed by atoms with Crippen molar-refractivity contribution >= 4 is 16.8 Å². The lowest BCUT2D eigenvalue weighted by molar-refractivity contribution is 0.0968. The van der Waals surface area contributed by atoms with Crippen LogP contribution in [0.5, 0.6) is 0 Å². The SMILES string of the molecule is Cn1c(C2CCCC2)nc2cc(C(=O)C3CC3)ccc21. The molecule has 0 amide bonds. The van der Waals surface area contributed by atoms with Crippen molar-refractivity contribution in [3.05, 3.63) is 29.6 Å².